The molecule has 0 amide bonds. The second kappa shape index (κ2) is 5.49. The number of aliphatic carboxylic acids is 1. The van der Waals surface area contributed by atoms with E-state index in [-0.39, 0.29) is 11.7 Å². The van der Waals surface area contributed by atoms with Crippen LogP contribution in [0.1, 0.15) is 25.5 Å². The molecule has 0 aliphatic heterocycles. The number of aryl methyl sites for hydroxylation is 1. The van der Waals surface area contributed by atoms with Gasteiger partial charge in [-0.1, -0.05) is 13.8 Å². The van der Waals surface area contributed by atoms with Crippen molar-refractivity contribution < 1.29 is 14.3 Å². The third-order valence-electron chi connectivity index (χ3n) is 3.31. The van der Waals surface area contributed by atoms with Gasteiger partial charge in [0.15, 0.2) is 0 Å². The zero-order valence-electron chi connectivity index (χ0n) is 11.8. The molecule has 0 fully saturated rings. The Morgan fingerprint density at radius 3 is 2.35 bits per heavy atom. The topological polar surface area (TPSA) is 42.2 Å². The smallest absolute Gasteiger partial charge is 0.326 e. The number of carboxylic acid groups (broad SMARTS) is 1. The first-order valence-corrected chi connectivity index (χ1v) is 6.57. The maximum atomic E-state index is 13.0. The summed E-state index contributed by atoms with van der Waals surface area (Å²) >= 11 is 0. The molecule has 1 N–H and O–H groups in total. The fourth-order valence-corrected chi connectivity index (χ4v) is 2.42. The third kappa shape index (κ3) is 2.74. The summed E-state index contributed by atoms with van der Waals surface area (Å²) in [5.74, 6) is -1.21. The van der Waals surface area contributed by atoms with Crippen molar-refractivity contribution in [2.45, 2.75) is 26.8 Å². The first-order chi connectivity index (χ1) is 9.40. The number of carbonyl (C=O) groups is 1. The average Bonchev–Trinajstić information content (AvgIpc) is 2.71. The maximum Gasteiger partial charge on any atom is 0.326 e. The van der Waals surface area contributed by atoms with E-state index < -0.39 is 12.0 Å². The number of aromatic nitrogens is 1. The first-order valence-electron chi connectivity index (χ1n) is 6.57. The van der Waals surface area contributed by atoms with E-state index >= 15 is 0 Å². The quantitative estimate of drug-likeness (QED) is 0.920. The molecule has 1 aromatic heterocycles. The Morgan fingerprint density at radius 1 is 1.25 bits per heavy atom. The van der Waals surface area contributed by atoms with Gasteiger partial charge in [0.25, 0.3) is 0 Å². The van der Waals surface area contributed by atoms with Crippen molar-refractivity contribution in [3.63, 3.8) is 0 Å². The van der Waals surface area contributed by atoms with Crippen LogP contribution < -0.4 is 0 Å². The van der Waals surface area contributed by atoms with Crippen molar-refractivity contribution in [3.8, 4) is 11.3 Å². The first kappa shape index (κ1) is 14.3. The molecule has 1 atom stereocenters. The molecule has 2 aromatic rings. The van der Waals surface area contributed by atoms with Crippen LogP contribution in [-0.2, 0) is 4.79 Å². The second-order valence-corrected chi connectivity index (χ2v) is 5.34. The van der Waals surface area contributed by atoms with Gasteiger partial charge in [0.05, 0.1) is 0 Å². The van der Waals surface area contributed by atoms with Gasteiger partial charge in [-0.15, -0.1) is 0 Å². The van der Waals surface area contributed by atoms with Crippen LogP contribution in [0.2, 0.25) is 0 Å². The summed E-state index contributed by atoms with van der Waals surface area (Å²) in [5.41, 5.74) is 2.59. The summed E-state index contributed by atoms with van der Waals surface area (Å²) in [5, 5.41) is 9.44. The molecule has 0 bridgehead atoms. The van der Waals surface area contributed by atoms with Crippen LogP contribution in [-0.4, -0.2) is 15.6 Å². The summed E-state index contributed by atoms with van der Waals surface area (Å²) in [7, 11) is 0. The maximum absolute atomic E-state index is 13.0. The molecule has 1 heterocycles. The van der Waals surface area contributed by atoms with Crippen molar-refractivity contribution in [1.82, 2.24) is 4.57 Å². The van der Waals surface area contributed by atoms with E-state index in [1.54, 1.807) is 16.7 Å². The zero-order chi connectivity index (χ0) is 14.9. The summed E-state index contributed by atoms with van der Waals surface area (Å²) < 4.78 is 14.8. The van der Waals surface area contributed by atoms with Gasteiger partial charge in [-0.2, -0.15) is 0 Å². The average molecular weight is 275 g/mol. The van der Waals surface area contributed by atoms with Crippen molar-refractivity contribution in [2.24, 2.45) is 5.92 Å². The number of hydrogen-bond donors (Lipinski definition) is 1. The van der Waals surface area contributed by atoms with E-state index in [1.807, 2.05) is 33.0 Å². The standard InChI is InChI=1S/C16H18FNO2/c1-10(2)15(16(19)20)18-9-11(3)8-14(18)12-4-6-13(17)7-5-12/h4-10,15H,1-3H3,(H,19,20). The van der Waals surface area contributed by atoms with E-state index in [2.05, 4.69) is 0 Å². The Kier molecular flexibility index (Phi) is 3.93. The monoisotopic (exact) mass is 275 g/mol. The minimum Gasteiger partial charge on any atom is -0.480 e. The second-order valence-electron chi connectivity index (χ2n) is 5.34. The van der Waals surface area contributed by atoms with Crippen LogP contribution in [0.4, 0.5) is 4.39 Å². The lowest BCUT2D eigenvalue weighted by atomic mass is 10.0. The molecule has 1 unspecified atom stereocenters. The summed E-state index contributed by atoms with van der Waals surface area (Å²) in [4.78, 5) is 11.5. The van der Waals surface area contributed by atoms with Crippen molar-refractivity contribution >= 4 is 5.97 Å². The lowest BCUT2D eigenvalue weighted by Gasteiger charge is -2.21. The number of hydrogen-bond acceptors (Lipinski definition) is 1. The number of carboxylic acids is 1. The van der Waals surface area contributed by atoms with Gasteiger partial charge in [-0.05, 0) is 54.3 Å². The van der Waals surface area contributed by atoms with E-state index in [1.165, 1.54) is 12.1 Å². The molecule has 4 heteroatoms. The van der Waals surface area contributed by atoms with Crippen LogP contribution in [0.3, 0.4) is 0 Å². The largest absolute Gasteiger partial charge is 0.480 e. The highest BCUT2D eigenvalue weighted by Gasteiger charge is 2.25. The highest BCUT2D eigenvalue weighted by atomic mass is 19.1. The molecular formula is C16H18FNO2. The van der Waals surface area contributed by atoms with Crippen molar-refractivity contribution in [1.29, 1.82) is 0 Å². The molecule has 0 spiro atoms. The van der Waals surface area contributed by atoms with Gasteiger partial charge in [0, 0.05) is 11.9 Å². The lowest BCUT2D eigenvalue weighted by molar-refractivity contribution is -0.142. The Balaban J connectivity index is 2.55. The summed E-state index contributed by atoms with van der Waals surface area (Å²) in [6.45, 7) is 5.67. The van der Waals surface area contributed by atoms with Gasteiger partial charge >= 0.3 is 5.97 Å². The SMILES string of the molecule is Cc1cc(-c2ccc(F)cc2)n(C(C(=O)O)C(C)C)c1. The van der Waals surface area contributed by atoms with Gasteiger partial charge in [0.2, 0.25) is 0 Å². The Bertz CT molecular complexity index is 614. The van der Waals surface area contributed by atoms with E-state index in [0.29, 0.717) is 0 Å². The molecule has 0 radical (unpaired) electrons. The highest BCUT2D eigenvalue weighted by Crippen LogP contribution is 2.29. The number of rotatable bonds is 4. The van der Waals surface area contributed by atoms with Crippen molar-refractivity contribution in [2.75, 3.05) is 0 Å². The normalized spacial score (nSPS) is 12.7. The predicted octanol–water partition coefficient (Wildman–Crippen LogP) is 3.88. The molecule has 1 aromatic carbocycles. The van der Waals surface area contributed by atoms with Crippen molar-refractivity contribution in [3.05, 3.63) is 47.9 Å². The zero-order valence-corrected chi connectivity index (χ0v) is 11.8. The molecule has 2 rings (SSSR count). The van der Waals surface area contributed by atoms with Gasteiger partial charge < -0.3 is 9.67 Å². The Labute approximate surface area is 117 Å². The minimum absolute atomic E-state index is 0.0431. The molecule has 0 saturated carbocycles. The molecule has 0 saturated heterocycles. The van der Waals surface area contributed by atoms with Crippen LogP contribution in [0, 0.1) is 18.7 Å². The molecule has 0 aliphatic carbocycles. The van der Waals surface area contributed by atoms with Crippen LogP contribution in [0.25, 0.3) is 11.3 Å². The van der Waals surface area contributed by atoms with Gasteiger partial charge in [-0.25, -0.2) is 9.18 Å². The number of benzene rings is 1. The number of halogens is 1. The van der Waals surface area contributed by atoms with E-state index in [4.69, 9.17) is 0 Å². The molecule has 3 nitrogen and oxygen atoms in total. The predicted molar refractivity (Wildman–Crippen MR) is 76.1 cm³/mol. The third-order valence-corrected chi connectivity index (χ3v) is 3.31. The molecule has 20 heavy (non-hydrogen) atoms. The molecular weight excluding hydrogens is 257 g/mol. The fourth-order valence-electron chi connectivity index (χ4n) is 2.42. The summed E-state index contributed by atoms with van der Waals surface area (Å²) in [6.07, 6.45) is 1.83. The van der Waals surface area contributed by atoms with Gasteiger partial charge in [-0.3, -0.25) is 0 Å². The lowest BCUT2D eigenvalue weighted by Crippen LogP contribution is -2.24. The van der Waals surface area contributed by atoms with Gasteiger partial charge in [0.1, 0.15) is 11.9 Å². The highest BCUT2D eigenvalue weighted by molar-refractivity contribution is 5.74. The Hall–Kier alpha value is -2.10. The van der Waals surface area contributed by atoms with Crippen LogP contribution in [0.15, 0.2) is 36.5 Å². The fraction of sp³-hybridized carbons (Fsp3) is 0.312. The minimum atomic E-state index is -0.862. The van der Waals surface area contributed by atoms with Crippen LogP contribution >= 0.6 is 0 Å². The number of nitrogens with zero attached hydrogens (tertiary/aromatic N) is 1. The Morgan fingerprint density at radius 2 is 1.85 bits per heavy atom. The summed E-state index contributed by atoms with van der Waals surface area (Å²) in [6, 6.07) is 7.38. The van der Waals surface area contributed by atoms with Crippen LogP contribution in [0.5, 0.6) is 0 Å². The van der Waals surface area contributed by atoms with E-state index in [9.17, 15) is 14.3 Å². The van der Waals surface area contributed by atoms with E-state index in [0.717, 1.165) is 16.8 Å². The molecule has 106 valence electrons. The molecule has 0 aliphatic rings.